The van der Waals surface area contributed by atoms with Crippen LogP contribution in [0, 0.1) is 6.92 Å². The molecule has 1 aliphatic carbocycles. The summed E-state index contributed by atoms with van der Waals surface area (Å²) >= 11 is 0. The van der Waals surface area contributed by atoms with Crippen LogP contribution in [0.1, 0.15) is 34.3 Å². The van der Waals surface area contributed by atoms with Gasteiger partial charge >= 0.3 is 0 Å². The van der Waals surface area contributed by atoms with Crippen LogP contribution in [0.3, 0.4) is 0 Å². The number of amidine groups is 1. The molecule has 0 unspecified atom stereocenters. The zero-order valence-corrected chi connectivity index (χ0v) is 18.0. The number of rotatable bonds is 3. The number of carbonyl (C=O) groups is 1. The van der Waals surface area contributed by atoms with Crippen molar-refractivity contribution in [2.24, 2.45) is 15.0 Å². The van der Waals surface area contributed by atoms with Gasteiger partial charge in [0.05, 0.1) is 5.69 Å². The average Bonchev–Trinajstić information content (AvgIpc) is 3.60. The quantitative estimate of drug-likeness (QED) is 0.528. The molecule has 1 saturated carbocycles. The van der Waals surface area contributed by atoms with Crippen LogP contribution in [0.15, 0.2) is 64.0 Å². The van der Waals surface area contributed by atoms with Crippen molar-refractivity contribution in [2.75, 3.05) is 19.4 Å². The Labute approximate surface area is 182 Å². The third kappa shape index (κ3) is 4.40. The number of guanidine groups is 1. The molecule has 1 heterocycles. The maximum Gasteiger partial charge on any atom is 0.251 e. The van der Waals surface area contributed by atoms with Crippen molar-refractivity contribution in [3.63, 3.8) is 0 Å². The Kier molecular flexibility index (Phi) is 5.66. The minimum Gasteiger partial charge on any atom is -0.355 e. The third-order valence-corrected chi connectivity index (χ3v) is 5.29. The molecule has 0 aromatic heterocycles. The molecular formula is C24H26N6O. The predicted molar refractivity (Wildman–Crippen MR) is 128 cm³/mol. The Morgan fingerprint density at radius 1 is 1.19 bits per heavy atom. The standard InChI is InChI=1S/C24H26N6O/c1-14-7-5-6-8-19(14)28-22-21(30-24(26-4)27-17-10-11-17)15(2)18-12-9-16(23(31)25-3)13-20(18)29-22/h5-9,12-13,17H,2,10-11H2,1,3-4H3,(H,25,31)(H,26,27)(H,28,29)/b30-21+. The fraction of sp³-hybridized carbons (Fsp3) is 0.250. The first-order chi connectivity index (χ1) is 15.0. The molecule has 3 N–H and O–H groups in total. The van der Waals surface area contributed by atoms with E-state index in [2.05, 4.69) is 27.5 Å². The van der Waals surface area contributed by atoms with Gasteiger partial charge in [0.1, 0.15) is 5.71 Å². The fourth-order valence-corrected chi connectivity index (χ4v) is 3.32. The van der Waals surface area contributed by atoms with E-state index in [4.69, 9.17) is 9.98 Å². The van der Waals surface area contributed by atoms with E-state index in [-0.39, 0.29) is 5.91 Å². The van der Waals surface area contributed by atoms with Crippen molar-refractivity contribution >= 4 is 40.4 Å². The van der Waals surface area contributed by atoms with E-state index in [9.17, 15) is 4.79 Å². The van der Waals surface area contributed by atoms with E-state index < -0.39 is 0 Å². The third-order valence-electron chi connectivity index (χ3n) is 5.29. The normalized spacial score (nSPS) is 17.1. The number of anilines is 1. The van der Waals surface area contributed by atoms with Crippen LogP contribution in [-0.2, 0) is 0 Å². The number of aliphatic imine (C=N–C) groups is 3. The molecular weight excluding hydrogens is 388 g/mol. The molecule has 2 aromatic rings. The second kappa shape index (κ2) is 8.55. The van der Waals surface area contributed by atoms with Crippen molar-refractivity contribution in [3.05, 3.63) is 65.7 Å². The van der Waals surface area contributed by atoms with Gasteiger partial charge in [0.25, 0.3) is 5.91 Å². The molecule has 0 bridgehead atoms. The van der Waals surface area contributed by atoms with E-state index in [0.717, 1.165) is 35.2 Å². The van der Waals surface area contributed by atoms with Gasteiger partial charge in [0.15, 0.2) is 5.84 Å². The molecule has 0 saturated heterocycles. The molecule has 1 amide bonds. The van der Waals surface area contributed by atoms with Crippen molar-refractivity contribution in [1.82, 2.24) is 10.6 Å². The molecule has 158 valence electrons. The Hall–Kier alpha value is -3.74. The maximum atomic E-state index is 12.1. The summed E-state index contributed by atoms with van der Waals surface area (Å²) in [6.07, 6.45) is 2.25. The van der Waals surface area contributed by atoms with Gasteiger partial charge in [0, 0.05) is 42.5 Å². The lowest BCUT2D eigenvalue weighted by Crippen LogP contribution is -2.31. The number of hydrogen-bond acceptors (Lipinski definition) is 4. The maximum absolute atomic E-state index is 12.1. The van der Waals surface area contributed by atoms with E-state index in [1.54, 1.807) is 26.2 Å². The van der Waals surface area contributed by atoms with Crippen LogP contribution >= 0.6 is 0 Å². The molecule has 4 rings (SSSR count). The Balaban J connectivity index is 1.80. The van der Waals surface area contributed by atoms with Crippen LogP contribution in [-0.4, -0.2) is 43.6 Å². The van der Waals surface area contributed by atoms with Gasteiger partial charge in [-0.25, -0.2) is 9.98 Å². The lowest BCUT2D eigenvalue weighted by molar-refractivity contribution is 0.0963. The molecule has 2 aliphatic rings. The lowest BCUT2D eigenvalue weighted by Gasteiger charge is -2.22. The minimum absolute atomic E-state index is 0.162. The van der Waals surface area contributed by atoms with Crippen molar-refractivity contribution in [3.8, 4) is 0 Å². The van der Waals surface area contributed by atoms with Gasteiger partial charge in [0.2, 0.25) is 5.96 Å². The zero-order valence-electron chi connectivity index (χ0n) is 18.0. The molecule has 7 nitrogen and oxygen atoms in total. The first kappa shape index (κ1) is 20.5. The Bertz CT molecular complexity index is 1140. The van der Waals surface area contributed by atoms with Crippen LogP contribution < -0.4 is 16.0 Å². The number of nitrogens with one attached hydrogen (secondary N) is 3. The van der Waals surface area contributed by atoms with Crippen molar-refractivity contribution < 1.29 is 4.79 Å². The molecule has 1 fully saturated rings. The van der Waals surface area contributed by atoms with Gasteiger partial charge in [-0.05, 0) is 43.5 Å². The molecule has 0 atom stereocenters. The number of aryl methyl sites for hydroxylation is 1. The van der Waals surface area contributed by atoms with Crippen molar-refractivity contribution in [2.45, 2.75) is 25.8 Å². The van der Waals surface area contributed by atoms with Crippen LogP contribution in [0.5, 0.6) is 0 Å². The van der Waals surface area contributed by atoms with Gasteiger partial charge in [-0.3, -0.25) is 9.79 Å². The van der Waals surface area contributed by atoms with Gasteiger partial charge in [-0.15, -0.1) is 0 Å². The number of fused-ring (bicyclic) bond motifs is 1. The molecule has 0 spiro atoms. The highest BCUT2D eigenvalue weighted by atomic mass is 16.1. The first-order valence-electron chi connectivity index (χ1n) is 10.3. The molecule has 0 radical (unpaired) electrons. The fourth-order valence-electron chi connectivity index (χ4n) is 3.32. The predicted octanol–water partition coefficient (Wildman–Crippen LogP) is 3.70. The summed E-state index contributed by atoms with van der Waals surface area (Å²) in [7, 11) is 3.33. The highest BCUT2D eigenvalue weighted by Crippen LogP contribution is 2.33. The van der Waals surface area contributed by atoms with Crippen molar-refractivity contribution in [1.29, 1.82) is 0 Å². The smallest absolute Gasteiger partial charge is 0.251 e. The summed E-state index contributed by atoms with van der Waals surface area (Å²) in [6, 6.07) is 13.8. The van der Waals surface area contributed by atoms with Gasteiger partial charge < -0.3 is 16.0 Å². The summed E-state index contributed by atoms with van der Waals surface area (Å²) in [5.74, 6) is 0.966. The zero-order chi connectivity index (χ0) is 22.0. The van der Waals surface area contributed by atoms with Crippen LogP contribution in [0.4, 0.5) is 11.4 Å². The number of benzene rings is 2. The first-order valence-corrected chi connectivity index (χ1v) is 10.3. The number of hydrogen-bond donors (Lipinski definition) is 3. The summed E-state index contributed by atoms with van der Waals surface area (Å²) in [5, 5.41) is 9.40. The topological polar surface area (TPSA) is 90.2 Å². The van der Waals surface area contributed by atoms with E-state index in [1.165, 1.54) is 0 Å². The second-order valence-corrected chi connectivity index (χ2v) is 7.62. The minimum atomic E-state index is -0.162. The summed E-state index contributed by atoms with van der Waals surface area (Å²) in [6.45, 7) is 6.32. The largest absolute Gasteiger partial charge is 0.355 e. The number of nitrogens with zero attached hydrogens (tertiary/aromatic N) is 3. The Morgan fingerprint density at radius 2 is 1.97 bits per heavy atom. The van der Waals surface area contributed by atoms with Gasteiger partial charge in [-0.1, -0.05) is 30.8 Å². The molecule has 1 aliphatic heterocycles. The highest BCUT2D eigenvalue weighted by molar-refractivity contribution is 6.62. The number of carbonyl (C=O) groups excluding carboxylic acids is 1. The van der Waals surface area contributed by atoms with Crippen LogP contribution in [0.2, 0.25) is 0 Å². The van der Waals surface area contributed by atoms with Crippen LogP contribution in [0.25, 0.3) is 5.57 Å². The Morgan fingerprint density at radius 3 is 2.65 bits per heavy atom. The van der Waals surface area contributed by atoms with E-state index in [1.807, 2.05) is 37.3 Å². The lowest BCUT2D eigenvalue weighted by atomic mass is 9.95. The monoisotopic (exact) mass is 414 g/mol. The summed E-state index contributed by atoms with van der Waals surface area (Å²) in [5.41, 5.74) is 5.41. The van der Waals surface area contributed by atoms with Gasteiger partial charge in [-0.2, -0.15) is 0 Å². The molecule has 31 heavy (non-hydrogen) atoms. The SMILES string of the molecule is C=C1/C(=N\C(=N/C)NC2CC2)C(Nc2ccccc2C)=Nc2cc(C(=O)NC)ccc21. The summed E-state index contributed by atoms with van der Waals surface area (Å²) in [4.78, 5) is 26.0. The van der Waals surface area contributed by atoms with E-state index in [0.29, 0.717) is 34.8 Å². The van der Waals surface area contributed by atoms with E-state index >= 15 is 0 Å². The highest BCUT2D eigenvalue weighted by Gasteiger charge is 2.27. The number of para-hydroxylation sites is 1. The average molecular weight is 415 g/mol. The summed E-state index contributed by atoms with van der Waals surface area (Å²) < 4.78 is 0. The molecule has 2 aromatic carbocycles. The number of amides is 1. The second-order valence-electron chi connectivity index (χ2n) is 7.62. The molecule has 7 heteroatoms.